The lowest BCUT2D eigenvalue weighted by atomic mass is 9.99. The number of aryl methyl sites for hydroxylation is 1. The number of anilines is 2. The van der Waals surface area contributed by atoms with Crippen LogP contribution < -0.4 is 14.8 Å². The molecule has 0 bridgehead atoms. The van der Waals surface area contributed by atoms with Crippen LogP contribution in [0.15, 0.2) is 61.1 Å². The zero-order valence-corrected chi connectivity index (χ0v) is 24.4. The number of carbonyl (C=O) groups is 1. The molecule has 2 aromatic carbocycles. The molecule has 0 unspecified atom stereocenters. The summed E-state index contributed by atoms with van der Waals surface area (Å²) in [5, 5.41) is 13.1. The van der Waals surface area contributed by atoms with Crippen molar-refractivity contribution in [3.63, 3.8) is 0 Å². The number of ether oxygens (including phenoxy) is 2. The van der Waals surface area contributed by atoms with Crippen molar-refractivity contribution in [2.75, 3.05) is 18.5 Å². The zero-order chi connectivity index (χ0) is 29.1. The minimum atomic E-state index is -0.944. The molecule has 0 spiro atoms. The molecule has 0 aliphatic heterocycles. The maximum Gasteiger partial charge on any atom is 0.407 e. The number of amides is 1. The monoisotopic (exact) mass is 545 g/mol. The van der Waals surface area contributed by atoms with Crippen LogP contribution in [0.4, 0.5) is 16.3 Å². The van der Waals surface area contributed by atoms with E-state index in [0.29, 0.717) is 31.3 Å². The molecule has 1 amide bonds. The molecule has 0 aliphatic carbocycles. The lowest BCUT2D eigenvalue weighted by Crippen LogP contribution is -2.46. The number of fused-ring (bicyclic) bond motifs is 1. The van der Waals surface area contributed by atoms with Crippen LogP contribution in [0, 0.1) is 12.3 Å². The topological polar surface area (TPSA) is 102 Å². The summed E-state index contributed by atoms with van der Waals surface area (Å²) < 4.78 is 14.1. The highest BCUT2D eigenvalue weighted by Crippen LogP contribution is 2.32. The second-order valence-electron chi connectivity index (χ2n) is 12.1. The summed E-state index contributed by atoms with van der Waals surface area (Å²) in [7, 11) is 0. The van der Waals surface area contributed by atoms with E-state index in [9.17, 15) is 9.90 Å². The molecule has 212 valence electrons. The Labute approximate surface area is 235 Å². The predicted molar refractivity (Wildman–Crippen MR) is 158 cm³/mol. The van der Waals surface area contributed by atoms with Gasteiger partial charge in [-0.25, -0.2) is 14.8 Å². The van der Waals surface area contributed by atoms with Gasteiger partial charge in [-0.05, 0) is 75.1 Å². The molecule has 2 aromatic heterocycles. The number of nitrogens with one attached hydrogen (secondary N) is 1. The molecule has 0 saturated carbocycles. The van der Waals surface area contributed by atoms with Crippen molar-refractivity contribution < 1.29 is 19.4 Å². The first-order valence-electron chi connectivity index (χ1n) is 13.4. The van der Waals surface area contributed by atoms with Gasteiger partial charge in [0.15, 0.2) is 5.82 Å². The maximum atomic E-state index is 11.8. The molecule has 0 aliphatic rings. The fraction of sp³-hybridized carbons (Fsp3) is 0.387. The summed E-state index contributed by atoms with van der Waals surface area (Å²) in [5.41, 5.74) is 2.95. The van der Waals surface area contributed by atoms with Crippen LogP contribution in [-0.2, 0) is 6.54 Å². The predicted octanol–water partition coefficient (Wildman–Crippen LogP) is 7.48. The third kappa shape index (κ3) is 7.22. The molecule has 0 saturated heterocycles. The average molecular weight is 546 g/mol. The summed E-state index contributed by atoms with van der Waals surface area (Å²) in [6.07, 6.45) is 2.49. The van der Waals surface area contributed by atoms with Crippen molar-refractivity contribution in [1.29, 1.82) is 0 Å². The highest BCUT2D eigenvalue weighted by atomic mass is 16.5. The largest absolute Gasteiger partial charge is 0.493 e. The van der Waals surface area contributed by atoms with Gasteiger partial charge in [-0.1, -0.05) is 26.8 Å². The van der Waals surface area contributed by atoms with Crippen molar-refractivity contribution in [1.82, 2.24) is 19.4 Å². The van der Waals surface area contributed by atoms with Gasteiger partial charge < -0.3 is 29.4 Å². The van der Waals surface area contributed by atoms with Crippen LogP contribution in [0.25, 0.3) is 11.0 Å². The Morgan fingerprint density at radius 2 is 1.77 bits per heavy atom. The summed E-state index contributed by atoms with van der Waals surface area (Å²) in [4.78, 5) is 22.1. The Hall–Kier alpha value is -4.27. The molecule has 9 heteroatoms. The van der Waals surface area contributed by atoms with Gasteiger partial charge in [-0.3, -0.25) is 0 Å². The van der Waals surface area contributed by atoms with E-state index in [-0.39, 0.29) is 5.41 Å². The Bertz CT molecular complexity index is 1480. The van der Waals surface area contributed by atoms with Gasteiger partial charge in [-0.15, -0.1) is 0 Å². The van der Waals surface area contributed by atoms with E-state index >= 15 is 0 Å². The van der Waals surface area contributed by atoms with Crippen molar-refractivity contribution >= 4 is 28.6 Å². The Morgan fingerprint density at radius 1 is 1.02 bits per heavy atom. The van der Waals surface area contributed by atoms with Crippen molar-refractivity contribution in [2.45, 2.75) is 60.5 Å². The van der Waals surface area contributed by atoms with E-state index in [1.54, 1.807) is 0 Å². The van der Waals surface area contributed by atoms with Gasteiger partial charge in [-0.2, -0.15) is 0 Å². The lowest BCUT2D eigenvalue weighted by Gasteiger charge is -2.33. The van der Waals surface area contributed by atoms with Crippen LogP contribution in [0.5, 0.6) is 17.2 Å². The van der Waals surface area contributed by atoms with E-state index in [2.05, 4.69) is 36.1 Å². The normalized spacial score (nSPS) is 11.9. The van der Waals surface area contributed by atoms with Crippen LogP contribution in [0.3, 0.4) is 0 Å². The SMILES string of the molecule is Cc1cc(Nc2ncnc3ccn(CCN(C(=O)O)C(C)(C)C)c23)ccc1Oc1cccc(OCC(C)(C)C)c1. The van der Waals surface area contributed by atoms with Crippen molar-refractivity contribution in [3.8, 4) is 17.2 Å². The number of rotatable bonds is 9. The van der Waals surface area contributed by atoms with E-state index in [1.807, 2.05) is 87.0 Å². The summed E-state index contributed by atoms with van der Waals surface area (Å²) in [5.74, 6) is 2.86. The number of benzene rings is 2. The quantitative estimate of drug-likeness (QED) is 0.225. The third-order valence-electron chi connectivity index (χ3n) is 6.30. The molecular weight excluding hydrogens is 506 g/mol. The van der Waals surface area contributed by atoms with Crippen LogP contribution >= 0.6 is 0 Å². The Balaban J connectivity index is 1.50. The summed E-state index contributed by atoms with van der Waals surface area (Å²) >= 11 is 0. The number of hydrogen-bond donors (Lipinski definition) is 2. The zero-order valence-electron chi connectivity index (χ0n) is 24.4. The fourth-order valence-corrected chi connectivity index (χ4v) is 4.27. The molecule has 2 heterocycles. The van der Waals surface area contributed by atoms with Gasteiger partial charge in [0.2, 0.25) is 0 Å². The van der Waals surface area contributed by atoms with Crippen molar-refractivity contribution in [3.05, 3.63) is 66.6 Å². The molecule has 0 fully saturated rings. The van der Waals surface area contributed by atoms with Gasteiger partial charge in [0.05, 0.1) is 12.1 Å². The Morgan fingerprint density at radius 3 is 2.45 bits per heavy atom. The summed E-state index contributed by atoms with van der Waals surface area (Å²) in [6.45, 7) is 15.5. The number of nitrogens with zero attached hydrogens (tertiary/aromatic N) is 4. The minimum absolute atomic E-state index is 0.0679. The molecule has 0 atom stereocenters. The summed E-state index contributed by atoms with van der Waals surface area (Å²) in [6, 6.07) is 15.4. The van der Waals surface area contributed by atoms with Gasteiger partial charge in [0, 0.05) is 36.6 Å². The number of carboxylic acid groups (broad SMARTS) is 1. The fourth-order valence-electron chi connectivity index (χ4n) is 4.27. The van der Waals surface area contributed by atoms with Crippen LogP contribution in [0.1, 0.15) is 47.1 Å². The number of hydrogen-bond acceptors (Lipinski definition) is 6. The highest BCUT2D eigenvalue weighted by Gasteiger charge is 2.26. The smallest absolute Gasteiger partial charge is 0.407 e. The van der Waals surface area contributed by atoms with E-state index in [4.69, 9.17) is 9.47 Å². The molecular formula is C31H39N5O4. The molecule has 40 heavy (non-hydrogen) atoms. The van der Waals surface area contributed by atoms with Gasteiger partial charge in [0.1, 0.15) is 29.1 Å². The van der Waals surface area contributed by atoms with E-state index < -0.39 is 11.6 Å². The van der Waals surface area contributed by atoms with Gasteiger partial charge in [0.25, 0.3) is 0 Å². The molecule has 4 aromatic rings. The minimum Gasteiger partial charge on any atom is -0.493 e. The first kappa shape index (κ1) is 28.7. The second-order valence-corrected chi connectivity index (χ2v) is 12.1. The van der Waals surface area contributed by atoms with Crippen LogP contribution in [0.2, 0.25) is 0 Å². The van der Waals surface area contributed by atoms with Crippen molar-refractivity contribution in [2.24, 2.45) is 5.41 Å². The van der Waals surface area contributed by atoms with E-state index in [0.717, 1.165) is 33.8 Å². The Kier molecular flexibility index (Phi) is 8.23. The maximum absolute atomic E-state index is 11.8. The first-order valence-corrected chi connectivity index (χ1v) is 13.4. The first-order chi connectivity index (χ1) is 18.8. The lowest BCUT2D eigenvalue weighted by molar-refractivity contribution is 0.0981. The molecule has 2 N–H and O–H groups in total. The van der Waals surface area contributed by atoms with Crippen LogP contribution in [-0.4, -0.2) is 49.3 Å². The molecule has 4 rings (SSSR count). The highest BCUT2D eigenvalue weighted by molar-refractivity contribution is 5.88. The second kappa shape index (κ2) is 11.5. The van der Waals surface area contributed by atoms with E-state index in [1.165, 1.54) is 11.2 Å². The molecule has 9 nitrogen and oxygen atoms in total. The standard InChI is InChI=1S/C31H39N5O4/c1-21-17-22(11-12-26(21)40-24-10-8-9-23(18-24)39-19-30(2,3)4)34-28-27-25(32-20-33-28)13-14-35(27)15-16-36(29(37)38)31(5,6)7/h8-14,17-18,20H,15-16,19H2,1-7H3,(H,37,38)(H,32,33,34). The third-order valence-corrected chi connectivity index (χ3v) is 6.30. The molecule has 0 radical (unpaired) electrons. The number of aromatic nitrogens is 3. The average Bonchev–Trinajstić information content (AvgIpc) is 3.27. The van der Waals surface area contributed by atoms with Gasteiger partial charge >= 0.3 is 6.09 Å².